The van der Waals surface area contributed by atoms with Crippen LogP contribution in [-0.2, 0) is 0 Å². The van der Waals surface area contributed by atoms with Gasteiger partial charge in [0.05, 0.1) is 5.69 Å². The second-order valence-corrected chi connectivity index (χ2v) is 8.09. The monoisotopic (exact) mass is 408 g/mol. The van der Waals surface area contributed by atoms with Crippen LogP contribution >= 0.6 is 11.6 Å². The van der Waals surface area contributed by atoms with Gasteiger partial charge in [0.15, 0.2) is 5.82 Å². The summed E-state index contributed by atoms with van der Waals surface area (Å²) >= 11 is 5.98. The number of halogens is 1. The molecule has 1 aliphatic heterocycles. The van der Waals surface area contributed by atoms with E-state index in [0.29, 0.717) is 6.54 Å². The van der Waals surface area contributed by atoms with Gasteiger partial charge in [0.2, 0.25) is 0 Å². The fourth-order valence-corrected chi connectivity index (χ4v) is 4.01. The zero-order valence-corrected chi connectivity index (χ0v) is 17.5. The largest absolute Gasteiger partial charge is 0.353 e. The molecule has 150 valence electrons. The summed E-state index contributed by atoms with van der Waals surface area (Å²) < 4.78 is 0. The predicted molar refractivity (Wildman–Crippen MR) is 118 cm³/mol. The average molecular weight is 409 g/mol. The Morgan fingerprint density at radius 1 is 0.966 bits per heavy atom. The molecule has 0 radical (unpaired) electrons. The Morgan fingerprint density at radius 3 is 2.41 bits per heavy atom. The maximum atomic E-state index is 13.0. The van der Waals surface area contributed by atoms with Crippen molar-refractivity contribution in [2.24, 2.45) is 0 Å². The topological polar surface area (TPSA) is 52.2 Å². The van der Waals surface area contributed by atoms with Crippen molar-refractivity contribution in [3.63, 3.8) is 0 Å². The first-order valence-electron chi connectivity index (χ1n) is 9.93. The highest BCUT2D eigenvalue weighted by atomic mass is 35.5. The molecule has 0 spiro atoms. The molecule has 5 nitrogen and oxygen atoms in total. The Bertz CT molecular complexity index is 992. The number of hydrogen-bond acceptors (Lipinski definition) is 3. The van der Waals surface area contributed by atoms with Crippen LogP contribution in [-0.4, -0.2) is 47.2 Å². The van der Waals surface area contributed by atoms with Crippen LogP contribution in [0.1, 0.15) is 27.9 Å². The zero-order valence-electron chi connectivity index (χ0n) is 16.8. The van der Waals surface area contributed by atoms with Crippen LogP contribution in [0.4, 0.5) is 5.82 Å². The summed E-state index contributed by atoms with van der Waals surface area (Å²) in [5, 5.41) is 8.33. The second kappa shape index (κ2) is 8.29. The number of aromatic amines is 1. The Labute approximate surface area is 176 Å². The van der Waals surface area contributed by atoms with E-state index in [4.69, 9.17) is 11.6 Å². The number of rotatable bonds is 3. The smallest absolute Gasteiger partial charge is 0.253 e. The van der Waals surface area contributed by atoms with Crippen molar-refractivity contribution in [2.75, 3.05) is 31.1 Å². The summed E-state index contributed by atoms with van der Waals surface area (Å²) in [5.41, 5.74) is 5.03. The van der Waals surface area contributed by atoms with Crippen molar-refractivity contribution < 1.29 is 4.79 Å². The Hall–Kier alpha value is -2.79. The van der Waals surface area contributed by atoms with Gasteiger partial charge in [0.25, 0.3) is 5.91 Å². The molecule has 0 saturated carbocycles. The number of aryl methyl sites for hydroxylation is 2. The molecule has 1 aliphatic rings. The van der Waals surface area contributed by atoms with Crippen molar-refractivity contribution in [1.82, 2.24) is 15.1 Å². The first-order valence-corrected chi connectivity index (χ1v) is 10.3. The minimum absolute atomic E-state index is 0.113. The fourth-order valence-electron chi connectivity index (χ4n) is 3.88. The first-order chi connectivity index (χ1) is 14.0. The van der Waals surface area contributed by atoms with Crippen molar-refractivity contribution in [3.05, 3.63) is 70.2 Å². The standard InChI is InChI=1S/C23H25ClN4O/c1-16-12-17(2)14-19(13-16)23(29)28-9-3-8-27(10-11-28)22-15-21(25-26-22)18-4-6-20(24)7-5-18/h4-7,12-15H,3,8-11H2,1-2H3,(H,25,26). The van der Waals surface area contributed by atoms with Crippen LogP contribution in [0.15, 0.2) is 48.5 Å². The molecule has 0 atom stereocenters. The van der Waals surface area contributed by atoms with Crippen LogP contribution in [0.25, 0.3) is 11.3 Å². The highest BCUT2D eigenvalue weighted by Gasteiger charge is 2.22. The Kier molecular flexibility index (Phi) is 5.58. The quantitative estimate of drug-likeness (QED) is 0.683. The van der Waals surface area contributed by atoms with Crippen LogP contribution in [0.5, 0.6) is 0 Å². The minimum Gasteiger partial charge on any atom is -0.353 e. The summed E-state index contributed by atoms with van der Waals surface area (Å²) in [4.78, 5) is 17.2. The third-order valence-corrected chi connectivity index (χ3v) is 5.55. The highest BCUT2D eigenvalue weighted by molar-refractivity contribution is 6.30. The van der Waals surface area contributed by atoms with Gasteiger partial charge in [-0.15, -0.1) is 0 Å². The van der Waals surface area contributed by atoms with Crippen molar-refractivity contribution in [1.29, 1.82) is 0 Å². The lowest BCUT2D eigenvalue weighted by Crippen LogP contribution is -2.35. The van der Waals surface area contributed by atoms with Gasteiger partial charge in [-0.3, -0.25) is 9.89 Å². The molecule has 3 aromatic rings. The Morgan fingerprint density at radius 2 is 1.69 bits per heavy atom. The number of aromatic nitrogens is 2. The molecule has 2 heterocycles. The van der Waals surface area contributed by atoms with E-state index in [1.165, 1.54) is 0 Å². The molecule has 1 aromatic heterocycles. The van der Waals surface area contributed by atoms with E-state index in [1.54, 1.807) is 0 Å². The normalized spacial score (nSPS) is 14.7. The van der Waals surface area contributed by atoms with Gasteiger partial charge in [0, 0.05) is 42.8 Å². The average Bonchev–Trinajstić information content (AvgIpc) is 3.05. The molecule has 29 heavy (non-hydrogen) atoms. The van der Waals surface area contributed by atoms with Gasteiger partial charge in [-0.25, -0.2) is 0 Å². The van der Waals surface area contributed by atoms with Crippen LogP contribution in [0, 0.1) is 13.8 Å². The lowest BCUT2D eigenvalue weighted by molar-refractivity contribution is 0.0767. The van der Waals surface area contributed by atoms with Gasteiger partial charge in [-0.1, -0.05) is 40.9 Å². The summed E-state index contributed by atoms with van der Waals surface area (Å²) in [5.74, 6) is 1.03. The second-order valence-electron chi connectivity index (χ2n) is 7.66. The SMILES string of the molecule is Cc1cc(C)cc(C(=O)N2CCCN(c3cc(-c4ccc(Cl)cc4)[nH]n3)CC2)c1. The number of anilines is 1. The molecule has 1 amide bonds. The van der Waals surface area contributed by atoms with E-state index in [9.17, 15) is 4.79 Å². The fraction of sp³-hybridized carbons (Fsp3) is 0.304. The Balaban J connectivity index is 1.45. The van der Waals surface area contributed by atoms with E-state index in [-0.39, 0.29) is 5.91 Å². The molecular formula is C23H25ClN4O. The number of carbonyl (C=O) groups excluding carboxylic acids is 1. The summed E-state index contributed by atoms with van der Waals surface area (Å²) in [6, 6.07) is 15.8. The van der Waals surface area contributed by atoms with E-state index in [2.05, 4.69) is 27.2 Å². The zero-order chi connectivity index (χ0) is 20.4. The van der Waals surface area contributed by atoms with Crippen LogP contribution < -0.4 is 4.90 Å². The van der Waals surface area contributed by atoms with Gasteiger partial charge in [0.1, 0.15) is 0 Å². The van der Waals surface area contributed by atoms with E-state index in [0.717, 1.165) is 64.8 Å². The van der Waals surface area contributed by atoms with Gasteiger partial charge in [-0.2, -0.15) is 5.10 Å². The highest BCUT2D eigenvalue weighted by Crippen LogP contribution is 2.24. The molecule has 2 aromatic carbocycles. The number of benzene rings is 2. The molecule has 1 N–H and O–H groups in total. The molecule has 0 bridgehead atoms. The first kappa shape index (κ1) is 19.5. The molecule has 0 unspecified atom stereocenters. The maximum Gasteiger partial charge on any atom is 0.253 e. The summed E-state index contributed by atoms with van der Waals surface area (Å²) in [6.45, 7) is 7.16. The molecule has 6 heteroatoms. The van der Waals surface area contributed by atoms with Crippen LogP contribution in [0.3, 0.4) is 0 Å². The van der Waals surface area contributed by atoms with Crippen LogP contribution in [0.2, 0.25) is 5.02 Å². The number of amides is 1. The molecule has 1 fully saturated rings. The molecule has 4 rings (SSSR count). The van der Waals surface area contributed by atoms with E-state index < -0.39 is 0 Å². The van der Waals surface area contributed by atoms with Gasteiger partial charge in [-0.05, 0) is 50.1 Å². The molecule has 1 saturated heterocycles. The minimum atomic E-state index is 0.113. The molecule has 0 aliphatic carbocycles. The van der Waals surface area contributed by atoms with Crippen molar-refractivity contribution in [2.45, 2.75) is 20.3 Å². The predicted octanol–water partition coefficient (Wildman–Crippen LogP) is 4.70. The lowest BCUT2D eigenvalue weighted by atomic mass is 10.1. The third-order valence-electron chi connectivity index (χ3n) is 5.30. The molecular weight excluding hydrogens is 384 g/mol. The number of nitrogens with one attached hydrogen (secondary N) is 1. The van der Waals surface area contributed by atoms with Crippen molar-refractivity contribution in [3.8, 4) is 11.3 Å². The maximum absolute atomic E-state index is 13.0. The number of hydrogen-bond donors (Lipinski definition) is 1. The third kappa shape index (κ3) is 4.46. The van der Waals surface area contributed by atoms with Gasteiger partial charge >= 0.3 is 0 Å². The number of nitrogens with zero attached hydrogens (tertiary/aromatic N) is 3. The number of carbonyl (C=O) groups is 1. The van der Waals surface area contributed by atoms with Gasteiger partial charge < -0.3 is 9.80 Å². The summed E-state index contributed by atoms with van der Waals surface area (Å²) in [7, 11) is 0. The van der Waals surface area contributed by atoms with E-state index in [1.807, 2.05) is 55.1 Å². The van der Waals surface area contributed by atoms with E-state index >= 15 is 0 Å². The summed E-state index contributed by atoms with van der Waals surface area (Å²) in [6.07, 6.45) is 0.916. The van der Waals surface area contributed by atoms with Crippen molar-refractivity contribution >= 4 is 23.3 Å². The lowest BCUT2D eigenvalue weighted by Gasteiger charge is -2.22. The number of H-pyrrole nitrogens is 1.